The van der Waals surface area contributed by atoms with E-state index < -0.39 is 0 Å². The molecule has 0 heterocycles. The molecule has 0 fully saturated rings. The van der Waals surface area contributed by atoms with Crippen LogP contribution in [-0.2, 0) is 4.74 Å². The Labute approximate surface area is 495 Å². The van der Waals surface area contributed by atoms with E-state index in [1.165, 1.54) is 398 Å². The molecule has 3 nitrogen and oxygen atoms in total. The predicted molar refractivity (Wildman–Crippen MR) is 354 cm³/mol. The van der Waals surface area contributed by atoms with Gasteiger partial charge >= 0.3 is 6.09 Å². The van der Waals surface area contributed by atoms with Crippen molar-refractivity contribution in [1.29, 1.82) is 0 Å². The molecule has 0 bridgehead atoms. The maximum Gasteiger partial charge on any atom is 0.410 e. The van der Waals surface area contributed by atoms with E-state index in [2.05, 4.69) is 39.5 Å². The van der Waals surface area contributed by atoms with Crippen LogP contribution in [0.25, 0.3) is 0 Å². The first-order valence-corrected chi connectivity index (χ1v) is 37.5. The van der Waals surface area contributed by atoms with Crippen molar-refractivity contribution in [3.8, 4) is 0 Å². The molecule has 0 aromatic heterocycles. The molecule has 0 aromatic carbocycles. The fourth-order valence-corrected chi connectivity index (χ4v) is 12.6. The summed E-state index contributed by atoms with van der Waals surface area (Å²) < 4.78 is 6.79. The van der Waals surface area contributed by atoms with E-state index in [0.29, 0.717) is 0 Å². The lowest BCUT2D eigenvalue weighted by atomic mass is 9.91. The second-order valence-corrected chi connectivity index (χ2v) is 26.5. The van der Waals surface area contributed by atoms with Crippen molar-refractivity contribution in [3.63, 3.8) is 0 Å². The number of rotatable bonds is 69. The van der Waals surface area contributed by atoms with Crippen LogP contribution in [0.3, 0.4) is 0 Å². The highest BCUT2D eigenvalue weighted by molar-refractivity contribution is 5.68. The van der Waals surface area contributed by atoms with E-state index in [1.54, 1.807) is 0 Å². The highest BCUT2D eigenvalue weighted by atomic mass is 16.6. The van der Waals surface area contributed by atoms with Crippen LogP contribution in [0.2, 0.25) is 0 Å². The Hall–Kier alpha value is -0.730. The zero-order valence-electron chi connectivity index (χ0n) is 55.3. The summed E-state index contributed by atoms with van der Waals surface area (Å²) in [5, 5.41) is 0. The van der Waals surface area contributed by atoms with Crippen LogP contribution in [-0.4, -0.2) is 29.7 Å². The van der Waals surface area contributed by atoms with Gasteiger partial charge in [0.2, 0.25) is 0 Å². The van der Waals surface area contributed by atoms with Crippen molar-refractivity contribution in [2.24, 2.45) is 0 Å². The number of unbranched alkanes of at least 4 members (excludes halogenated alkanes) is 60. The Bertz CT molecular complexity index is 1020. The summed E-state index contributed by atoms with van der Waals surface area (Å²) in [7, 11) is 0. The van der Waals surface area contributed by atoms with Crippen molar-refractivity contribution >= 4 is 6.09 Å². The van der Waals surface area contributed by atoms with Gasteiger partial charge in [-0.2, -0.15) is 0 Å². The highest BCUT2D eigenvalue weighted by Crippen LogP contribution is 2.29. The minimum atomic E-state index is -0.343. The molecule has 0 saturated heterocycles. The SMILES string of the molecule is CCCCCCCCCCCCCCCCCCN(CCCCCCCCCCCCCCCCCC)C(=O)OC(C)(CCCCCCCCCCCCCCCCCC)CCCCCCCCCCCCCCCCCC. The summed E-state index contributed by atoms with van der Waals surface area (Å²) in [6.45, 7) is 13.3. The minimum absolute atomic E-state index is 0.00686. The normalized spacial score (nSPS) is 11.9. The fraction of sp³-hybridized carbons (Fsp3) is 0.987. The summed E-state index contributed by atoms with van der Waals surface area (Å²) in [4.78, 5) is 16.6. The van der Waals surface area contributed by atoms with Gasteiger partial charge in [0.1, 0.15) is 5.60 Å². The molecule has 1 amide bonds. The van der Waals surface area contributed by atoms with Gasteiger partial charge in [-0.1, -0.05) is 413 Å². The van der Waals surface area contributed by atoms with Crippen LogP contribution in [0.1, 0.15) is 458 Å². The molecule has 0 aromatic rings. The van der Waals surface area contributed by atoms with E-state index in [1.807, 2.05) is 0 Å². The topological polar surface area (TPSA) is 29.5 Å². The second kappa shape index (κ2) is 67.1. The number of ether oxygens (including phenoxy) is 1. The molecule has 0 unspecified atom stereocenters. The van der Waals surface area contributed by atoms with Crippen LogP contribution in [0.15, 0.2) is 0 Å². The van der Waals surface area contributed by atoms with Crippen LogP contribution in [0.5, 0.6) is 0 Å². The van der Waals surface area contributed by atoms with E-state index >= 15 is 0 Å². The maximum absolute atomic E-state index is 14.4. The Morgan fingerprint density at radius 3 is 0.538 bits per heavy atom. The van der Waals surface area contributed by atoms with Gasteiger partial charge in [-0.15, -0.1) is 0 Å². The van der Waals surface area contributed by atoms with Gasteiger partial charge in [0.05, 0.1) is 0 Å². The fourth-order valence-electron chi connectivity index (χ4n) is 12.6. The first-order valence-electron chi connectivity index (χ1n) is 37.5. The van der Waals surface area contributed by atoms with E-state index in [4.69, 9.17) is 4.74 Å². The lowest BCUT2D eigenvalue weighted by Gasteiger charge is -2.33. The number of carbonyl (C=O) groups excluding carboxylic acids is 1. The number of hydrogen-bond donors (Lipinski definition) is 0. The van der Waals surface area contributed by atoms with Crippen molar-refractivity contribution in [2.45, 2.75) is 464 Å². The highest BCUT2D eigenvalue weighted by Gasteiger charge is 2.30. The van der Waals surface area contributed by atoms with Crippen molar-refractivity contribution < 1.29 is 9.53 Å². The molecule has 0 radical (unpaired) electrons. The smallest absolute Gasteiger partial charge is 0.410 e. The zero-order valence-corrected chi connectivity index (χ0v) is 55.3. The third kappa shape index (κ3) is 61.3. The number of carbonyl (C=O) groups is 1. The first kappa shape index (κ1) is 77.3. The predicted octanol–water partition coefficient (Wildman–Crippen LogP) is 28.0. The first-order chi connectivity index (χ1) is 38.5. The molecule has 0 atom stereocenters. The van der Waals surface area contributed by atoms with Gasteiger partial charge in [-0.3, -0.25) is 0 Å². The quantitative estimate of drug-likeness (QED) is 0.0568. The van der Waals surface area contributed by atoms with Gasteiger partial charge in [0.25, 0.3) is 0 Å². The van der Waals surface area contributed by atoms with Gasteiger partial charge in [0, 0.05) is 13.1 Å². The molecule has 0 rings (SSSR count). The summed E-state index contributed by atoms with van der Waals surface area (Å²) in [5.41, 5.74) is -0.343. The molecular weight excluding hydrogens is 947 g/mol. The van der Waals surface area contributed by atoms with Gasteiger partial charge in [0.15, 0.2) is 0 Å². The van der Waals surface area contributed by atoms with Crippen molar-refractivity contribution in [1.82, 2.24) is 4.90 Å². The van der Waals surface area contributed by atoms with E-state index in [-0.39, 0.29) is 11.7 Å². The zero-order chi connectivity index (χ0) is 56.4. The molecule has 78 heavy (non-hydrogen) atoms. The summed E-state index contributed by atoms with van der Waals surface area (Å²) in [5.74, 6) is 0. The van der Waals surface area contributed by atoms with Crippen LogP contribution in [0.4, 0.5) is 4.79 Å². The molecule has 0 aliphatic rings. The average Bonchev–Trinajstić information content (AvgIpc) is 3.44. The molecule has 0 aliphatic heterocycles. The summed E-state index contributed by atoms with van der Waals surface area (Å²) in [6.07, 6.45) is 91.1. The third-order valence-corrected chi connectivity index (χ3v) is 18.3. The largest absolute Gasteiger partial charge is 0.443 e. The number of hydrogen-bond acceptors (Lipinski definition) is 2. The van der Waals surface area contributed by atoms with Crippen LogP contribution < -0.4 is 0 Å². The van der Waals surface area contributed by atoms with Crippen molar-refractivity contribution in [2.75, 3.05) is 13.1 Å². The molecule has 0 aliphatic carbocycles. The monoisotopic (exact) mass is 1100 g/mol. The summed E-state index contributed by atoms with van der Waals surface area (Å²) in [6, 6.07) is 0. The van der Waals surface area contributed by atoms with E-state index in [9.17, 15) is 4.79 Å². The van der Waals surface area contributed by atoms with E-state index in [0.717, 1.165) is 38.8 Å². The molecule has 0 N–H and O–H groups in total. The Morgan fingerprint density at radius 1 is 0.231 bits per heavy atom. The number of nitrogens with zero attached hydrogens (tertiary/aromatic N) is 1. The van der Waals surface area contributed by atoms with Crippen molar-refractivity contribution in [3.05, 3.63) is 0 Å². The standard InChI is InChI=1S/C75H151NO2/c1-6-10-14-18-22-26-30-34-38-42-46-50-54-58-62-66-70-75(5,71-67-63-59-55-51-47-43-39-35-31-27-23-19-15-11-7-2)78-74(77)76(72-68-64-60-56-52-48-44-40-36-32-28-24-20-16-12-8-3)73-69-65-61-57-53-49-45-41-37-33-29-25-21-17-13-9-4/h6-73H2,1-5H3. The van der Waals surface area contributed by atoms with Crippen LogP contribution >= 0.6 is 0 Å². The summed E-state index contributed by atoms with van der Waals surface area (Å²) >= 11 is 0. The Balaban J connectivity index is 5.07. The minimum Gasteiger partial charge on any atom is -0.443 e. The third-order valence-electron chi connectivity index (χ3n) is 18.3. The van der Waals surface area contributed by atoms with Gasteiger partial charge < -0.3 is 9.64 Å². The Kier molecular flexibility index (Phi) is 66.4. The molecule has 468 valence electrons. The molecule has 0 spiro atoms. The second-order valence-electron chi connectivity index (χ2n) is 26.5. The van der Waals surface area contributed by atoms with Gasteiger partial charge in [-0.25, -0.2) is 4.79 Å². The number of amides is 1. The molecule has 0 saturated carbocycles. The maximum atomic E-state index is 14.4. The lowest BCUT2D eigenvalue weighted by Crippen LogP contribution is -2.40. The lowest BCUT2D eigenvalue weighted by molar-refractivity contribution is -0.0124. The van der Waals surface area contributed by atoms with Crippen LogP contribution in [0, 0.1) is 0 Å². The molecular formula is C75H151NO2. The average molecular weight is 1100 g/mol. The van der Waals surface area contributed by atoms with Gasteiger partial charge in [-0.05, 0) is 45.4 Å². The Morgan fingerprint density at radius 2 is 0.372 bits per heavy atom. The molecule has 3 heteroatoms.